The Morgan fingerprint density at radius 1 is 1.11 bits per heavy atom. The molecule has 3 rings (SSSR count). The molecule has 8 heteroatoms. The molecule has 1 aromatic carbocycles. The average Bonchev–Trinajstić information content (AvgIpc) is 2.62. The molecule has 144 valence electrons. The molecule has 1 amide bonds. The number of nitrogens with zero attached hydrogens (tertiary/aromatic N) is 2. The van der Waals surface area contributed by atoms with E-state index in [1.165, 1.54) is 22.6 Å². The molecular weight excluding hydrogens is 366 g/mol. The van der Waals surface area contributed by atoms with Gasteiger partial charge in [-0.15, -0.1) is 0 Å². The lowest BCUT2D eigenvalue weighted by Gasteiger charge is -2.34. The monoisotopic (exact) mass is 389 g/mol. The highest BCUT2D eigenvalue weighted by Gasteiger charge is 2.32. The van der Waals surface area contributed by atoms with Crippen molar-refractivity contribution in [1.29, 1.82) is 0 Å². The number of ether oxygens (including phenoxy) is 1. The first-order chi connectivity index (χ1) is 12.8. The van der Waals surface area contributed by atoms with Crippen LogP contribution in [0, 0.1) is 6.92 Å². The van der Waals surface area contributed by atoms with Gasteiger partial charge in [-0.25, -0.2) is 8.42 Å². The normalized spacial score (nSPS) is 21.0. The first-order valence-electron chi connectivity index (χ1n) is 8.75. The maximum Gasteiger partial charge on any atom is 0.257 e. The Bertz CT molecular complexity index is 901. The third-order valence-electron chi connectivity index (χ3n) is 4.31. The van der Waals surface area contributed by atoms with Gasteiger partial charge in [0.1, 0.15) is 0 Å². The van der Waals surface area contributed by atoms with Gasteiger partial charge in [-0.2, -0.15) is 4.31 Å². The van der Waals surface area contributed by atoms with Crippen LogP contribution in [0.15, 0.2) is 47.5 Å². The minimum Gasteiger partial charge on any atom is -0.373 e. The summed E-state index contributed by atoms with van der Waals surface area (Å²) in [5.74, 6) is -0.297. The quantitative estimate of drug-likeness (QED) is 0.868. The molecule has 0 unspecified atom stereocenters. The summed E-state index contributed by atoms with van der Waals surface area (Å²) < 4.78 is 32.7. The van der Waals surface area contributed by atoms with Crippen LogP contribution in [0.5, 0.6) is 0 Å². The van der Waals surface area contributed by atoms with Crippen molar-refractivity contribution in [1.82, 2.24) is 9.29 Å². The van der Waals surface area contributed by atoms with Crippen molar-refractivity contribution in [3.8, 4) is 0 Å². The topological polar surface area (TPSA) is 88.6 Å². The van der Waals surface area contributed by atoms with Gasteiger partial charge >= 0.3 is 0 Å². The van der Waals surface area contributed by atoms with Crippen molar-refractivity contribution in [2.45, 2.75) is 37.9 Å². The van der Waals surface area contributed by atoms with E-state index in [4.69, 9.17) is 4.74 Å². The van der Waals surface area contributed by atoms with Crippen LogP contribution in [-0.4, -0.2) is 48.9 Å². The number of hydrogen-bond donors (Lipinski definition) is 1. The Morgan fingerprint density at radius 3 is 2.30 bits per heavy atom. The number of nitrogens with one attached hydrogen (secondary N) is 1. The number of rotatable bonds is 4. The van der Waals surface area contributed by atoms with Crippen LogP contribution < -0.4 is 5.32 Å². The van der Waals surface area contributed by atoms with Crippen molar-refractivity contribution < 1.29 is 17.9 Å². The third kappa shape index (κ3) is 4.52. The predicted molar refractivity (Wildman–Crippen MR) is 102 cm³/mol. The molecule has 1 saturated heterocycles. The van der Waals surface area contributed by atoms with E-state index in [0.717, 1.165) is 5.69 Å². The zero-order valence-electron chi connectivity index (χ0n) is 15.5. The summed E-state index contributed by atoms with van der Waals surface area (Å²) in [6.45, 7) is 6.21. The summed E-state index contributed by atoms with van der Waals surface area (Å²) in [5, 5.41) is 2.74. The summed E-state index contributed by atoms with van der Waals surface area (Å²) in [7, 11) is -3.60. The van der Waals surface area contributed by atoms with Gasteiger partial charge < -0.3 is 10.1 Å². The van der Waals surface area contributed by atoms with Gasteiger partial charge in [0.25, 0.3) is 5.91 Å². The molecule has 1 aliphatic rings. The summed E-state index contributed by atoms with van der Waals surface area (Å²) in [6.07, 6.45) is 1.21. The van der Waals surface area contributed by atoms with Crippen molar-refractivity contribution in [2.75, 3.05) is 18.4 Å². The van der Waals surface area contributed by atoms with Gasteiger partial charge in [-0.05, 0) is 57.2 Å². The van der Waals surface area contributed by atoms with E-state index >= 15 is 0 Å². The van der Waals surface area contributed by atoms with Crippen LogP contribution in [0.25, 0.3) is 0 Å². The molecule has 1 fully saturated rings. The molecular formula is C19H23N3O4S. The van der Waals surface area contributed by atoms with Gasteiger partial charge in [-0.1, -0.05) is 0 Å². The number of anilines is 1. The standard InChI is InChI=1S/C19H23N3O4S/c1-13-4-5-16(10-20-13)19(23)21-17-6-8-18(9-7-17)27(24,25)22-11-14(2)26-15(3)12-22/h4-10,14-15H,11-12H2,1-3H3,(H,21,23)/t14-,15+. The van der Waals surface area contributed by atoms with E-state index < -0.39 is 10.0 Å². The SMILES string of the molecule is Cc1ccc(C(=O)Nc2ccc(S(=O)(=O)N3C[C@@H](C)O[C@@H](C)C3)cc2)cn1. The van der Waals surface area contributed by atoms with E-state index in [1.54, 1.807) is 24.3 Å². The van der Waals surface area contributed by atoms with Crippen molar-refractivity contribution >= 4 is 21.6 Å². The largest absolute Gasteiger partial charge is 0.373 e. The number of sulfonamides is 1. The van der Waals surface area contributed by atoms with Gasteiger partial charge in [0.15, 0.2) is 0 Å². The fourth-order valence-corrected chi connectivity index (χ4v) is 4.58. The van der Waals surface area contributed by atoms with Crippen molar-refractivity contribution in [3.63, 3.8) is 0 Å². The fraction of sp³-hybridized carbons (Fsp3) is 0.368. The van der Waals surface area contributed by atoms with Crippen LogP contribution >= 0.6 is 0 Å². The molecule has 1 N–H and O–H groups in total. The number of benzene rings is 1. The van der Waals surface area contributed by atoms with Crippen LogP contribution in [-0.2, 0) is 14.8 Å². The Hall–Kier alpha value is -2.29. The third-order valence-corrected chi connectivity index (χ3v) is 6.16. The summed E-state index contributed by atoms with van der Waals surface area (Å²) in [4.78, 5) is 16.5. The molecule has 7 nitrogen and oxygen atoms in total. The van der Waals surface area contributed by atoms with Crippen LogP contribution in [0.1, 0.15) is 29.9 Å². The van der Waals surface area contributed by atoms with Crippen LogP contribution in [0.4, 0.5) is 5.69 Å². The fourth-order valence-electron chi connectivity index (χ4n) is 2.99. The summed E-state index contributed by atoms with van der Waals surface area (Å²) in [5.41, 5.74) is 1.78. The molecule has 2 aromatic rings. The number of aromatic nitrogens is 1. The molecule has 1 aliphatic heterocycles. The maximum absolute atomic E-state index is 12.8. The first kappa shape index (κ1) is 19.5. The van der Waals surface area contributed by atoms with Crippen LogP contribution in [0.3, 0.4) is 0 Å². The average molecular weight is 389 g/mol. The number of amides is 1. The van der Waals surface area contributed by atoms with E-state index in [0.29, 0.717) is 24.3 Å². The van der Waals surface area contributed by atoms with Crippen molar-refractivity contribution in [2.24, 2.45) is 0 Å². The van der Waals surface area contributed by atoms with Gasteiger partial charge in [0.2, 0.25) is 10.0 Å². The number of hydrogen-bond acceptors (Lipinski definition) is 5. The Morgan fingerprint density at radius 2 is 1.74 bits per heavy atom. The Labute approximate surface area is 159 Å². The first-order valence-corrected chi connectivity index (χ1v) is 10.2. The molecule has 1 aromatic heterocycles. The Balaban J connectivity index is 1.72. The second-order valence-corrected chi connectivity index (χ2v) is 8.68. The highest BCUT2D eigenvalue weighted by Crippen LogP contribution is 2.22. The molecule has 0 saturated carbocycles. The lowest BCUT2D eigenvalue weighted by Crippen LogP contribution is -2.48. The highest BCUT2D eigenvalue weighted by atomic mass is 32.2. The molecule has 2 heterocycles. The lowest BCUT2D eigenvalue weighted by atomic mass is 10.2. The lowest BCUT2D eigenvalue weighted by molar-refractivity contribution is -0.0440. The predicted octanol–water partition coefficient (Wildman–Crippen LogP) is 2.44. The molecule has 0 spiro atoms. The smallest absolute Gasteiger partial charge is 0.257 e. The molecule has 27 heavy (non-hydrogen) atoms. The van der Waals surface area contributed by atoms with Crippen LogP contribution in [0.2, 0.25) is 0 Å². The van der Waals surface area contributed by atoms with E-state index in [9.17, 15) is 13.2 Å². The number of morpholine rings is 1. The molecule has 0 bridgehead atoms. The van der Waals surface area contributed by atoms with Gasteiger partial charge in [0, 0.05) is 30.7 Å². The Kier molecular flexibility index (Phi) is 5.59. The summed E-state index contributed by atoms with van der Waals surface area (Å²) >= 11 is 0. The zero-order valence-corrected chi connectivity index (χ0v) is 16.4. The number of aryl methyl sites for hydroxylation is 1. The van der Waals surface area contributed by atoms with Gasteiger partial charge in [-0.3, -0.25) is 9.78 Å². The minimum absolute atomic E-state index is 0.148. The highest BCUT2D eigenvalue weighted by molar-refractivity contribution is 7.89. The molecule has 0 radical (unpaired) electrons. The van der Waals surface area contributed by atoms with E-state index in [-0.39, 0.29) is 23.0 Å². The molecule has 2 atom stereocenters. The second kappa shape index (κ2) is 7.75. The molecule has 0 aliphatic carbocycles. The zero-order chi connectivity index (χ0) is 19.6. The number of pyridine rings is 1. The minimum atomic E-state index is -3.60. The van der Waals surface area contributed by atoms with E-state index in [2.05, 4.69) is 10.3 Å². The van der Waals surface area contributed by atoms with Crippen molar-refractivity contribution in [3.05, 3.63) is 53.9 Å². The maximum atomic E-state index is 12.8. The second-order valence-electron chi connectivity index (χ2n) is 6.75. The van der Waals surface area contributed by atoms with E-state index in [1.807, 2.05) is 20.8 Å². The summed E-state index contributed by atoms with van der Waals surface area (Å²) in [6, 6.07) is 9.62. The number of carbonyl (C=O) groups is 1. The number of carbonyl (C=O) groups excluding carboxylic acids is 1. The van der Waals surface area contributed by atoms with Gasteiger partial charge in [0.05, 0.1) is 22.7 Å².